The second-order valence-corrected chi connectivity index (χ2v) is 8.14. The molecule has 0 atom stereocenters. The normalized spacial score (nSPS) is 11.2. The maximum Gasteiger partial charge on any atom is 0.315 e. The summed E-state index contributed by atoms with van der Waals surface area (Å²) in [7, 11) is 3.81. The molecule has 0 saturated carbocycles. The van der Waals surface area contributed by atoms with E-state index in [-0.39, 0.29) is 23.6 Å². The van der Waals surface area contributed by atoms with Gasteiger partial charge in [-0.1, -0.05) is 30.3 Å². The van der Waals surface area contributed by atoms with Crippen LogP contribution in [0.4, 0.5) is 11.4 Å². The monoisotopic (exact) mass is 517 g/mol. The van der Waals surface area contributed by atoms with Crippen LogP contribution in [-0.2, 0) is 4.79 Å². The summed E-state index contributed by atoms with van der Waals surface area (Å²) in [4.78, 5) is 38.2. The number of aromatic hydroxyl groups is 1. The highest BCUT2D eigenvalue weighted by molar-refractivity contribution is 6.05. The lowest BCUT2D eigenvalue weighted by Crippen LogP contribution is -2.32. The zero-order valence-corrected chi connectivity index (χ0v) is 21.0. The van der Waals surface area contributed by atoms with Gasteiger partial charge in [0, 0.05) is 37.0 Å². The minimum atomic E-state index is -0.755. The SMILES string of the molecule is CCOc1cc(/C=N/NC(=O)C(=Cc2ccc(N(C)C)cc2)NC(=O)c2ccccc2)cc([N+](=O)[O-])c1O. The molecule has 3 aromatic rings. The van der Waals surface area contributed by atoms with Gasteiger partial charge in [-0.3, -0.25) is 19.7 Å². The van der Waals surface area contributed by atoms with Crippen LogP contribution in [0, 0.1) is 10.1 Å². The summed E-state index contributed by atoms with van der Waals surface area (Å²) >= 11 is 0. The van der Waals surface area contributed by atoms with Crippen molar-refractivity contribution in [1.29, 1.82) is 0 Å². The number of carbonyl (C=O) groups is 2. The molecule has 11 nitrogen and oxygen atoms in total. The highest BCUT2D eigenvalue weighted by Crippen LogP contribution is 2.36. The summed E-state index contributed by atoms with van der Waals surface area (Å²) in [6.45, 7) is 1.84. The van der Waals surface area contributed by atoms with Crippen LogP contribution in [0.15, 0.2) is 77.5 Å². The number of phenols is 1. The first kappa shape index (κ1) is 27.4. The molecule has 0 saturated heterocycles. The van der Waals surface area contributed by atoms with Crippen LogP contribution in [-0.4, -0.2) is 48.8 Å². The molecule has 3 aromatic carbocycles. The Balaban J connectivity index is 1.86. The van der Waals surface area contributed by atoms with Gasteiger partial charge in [0.05, 0.1) is 17.7 Å². The number of phenolic OH excluding ortho intramolecular Hbond substituents is 1. The van der Waals surface area contributed by atoms with Gasteiger partial charge in [0.15, 0.2) is 5.75 Å². The Morgan fingerprint density at radius 1 is 1.08 bits per heavy atom. The van der Waals surface area contributed by atoms with Gasteiger partial charge in [-0.05, 0) is 48.9 Å². The Kier molecular flexibility index (Phi) is 9.14. The third-order valence-electron chi connectivity index (χ3n) is 5.20. The summed E-state index contributed by atoms with van der Waals surface area (Å²) in [5.41, 5.74) is 3.86. The maximum absolute atomic E-state index is 13.0. The smallest absolute Gasteiger partial charge is 0.315 e. The van der Waals surface area contributed by atoms with Crippen molar-refractivity contribution in [3.05, 3.63) is 99.2 Å². The van der Waals surface area contributed by atoms with E-state index in [0.717, 1.165) is 18.0 Å². The fraction of sp³-hybridized carbons (Fsp3) is 0.148. The second-order valence-electron chi connectivity index (χ2n) is 8.14. The molecule has 38 heavy (non-hydrogen) atoms. The Morgan fingerprint density at radius 3 is 2.37 bits per heavy atom. The van der Waals surface area contributed by atoms with Gasteiger partial charge < -0.3 is 20.1 Å². The number of hydrogen-bond donors (Lipinski definition) is 3. The molecule has 0 unspecified atom stereocenters. The van der Waals surface area contributed by atoms with Gasteiger partial charge in [-0.2, -0.15) is 5.10 Å². The number of amides is 2. The van der Waals surface area contributed by atoms with Gasteiger partial charge in [0.2, 0.25) is 5.75 Å². The van der Waals surface area contributed by atoms with Crippen LogP contribution in [0.25, 0.3) is 6.08 Å². The number of carbonyl (C=O) groups excluding carboxylic acids is 2. The lowest BCUT2D eigenvalue weighted by molar-refractivity contribution is -0.386. The van der Waals surface area contributed by atoms with E-state index in [4.69, 9.17) is 4.74 Å². The number of nitro benzene ring substituents is 1. The zero-order valence-electron chi connectivity index (χ0n) is 21.0. The number of rotatable bonds is 10. The fourth-order valence-electron chi connectivity index (χ4n) is 3.30. The van der Waals surface area contributed by atoms with Gasteiger partial charge in [0.25, 0.3) is 11.8 Å². The van der Waals surface area contributed by atoms with Gasteiger partial charge >= 0.3 is 5.69 Å². The van der Waals surface area contributed by atoms with E-state index in [1.165, 1.54) is 12.1 Å². The zero-order chi connectivity index (χ0) is 27.7. The maximum atomic E-state index is 13.0. The van der Waals surface area contributed by atoms with Crippen molar-refractivity contribution in [1.82, 2.24) is 10.7 Å². The van der Waals surface area contributed by atoms with E-state index in [1.807, 2.05) is 31.1 Å². The molecule has 0 aliphatic heterocycles. The molecule has 2 amide bonds. The standard InChI is InChI=1S/C27H27N5O6/c1-4-38-24-16-19(15-23(25(24)33)32(36)37)17-28-30-27(35)22(29-26(34)20-8-6-5-7-9-20)14-18-10-12-21(13-11-18)31(2)3/h5-17,33H,4H2,1-3H3,(H,29,34)(H,30,35)/b22-14?,28-17+. The largest absolute Gasteiger partial charge is 0.500 e. The molecular formula is C27H27N5O6. The van der Waals surface area contributed by atoms with E-state index in [9.17, 15) is 24.8 Å². The molecule has 0 bridgehead atoms. The molecular weight excluding hydrogens is 490 g/mol. The number of anilines is 1. The molecule has 0 aromatic heterocycles. The summed E-state index contributed by atoms with van der Waals surface area (Å²) in [6.07, 6.45) is 2.67. The van der Waals surface area contributed by atoms with Crippen LogP contribution >= 0.6 is 0 Å². The van der Waals surface area contributed by atoms with Crippen LogP contribution in [0.5, 0.6) is 11.5 Å². The summed E-state index contributed by atoms with van der Waals surface area (Å²) in [5.74, 6) is -1.91. The predicted molar refractivity (Wildman–Crippen MR) is 144 cm³/mol. The molecule has 0 aliphatic rings. The van der Waals surface area contributed by atoms with Crippen molar-refractivity contribution in [2.24, 2.45) is 5.10 Å². The average Bonchev–Trinajstić information content (AvgIpc) is 2.90. The van der Waals surface area contributed by atoms with Gasteiger partial charge in [-0.25, -0.2) is 5.43 Å². The first-order valence-electron chi connectivity index (χ1n) is 11.5. The van der Waals surface area contributed by atoms with Crippen molar-refractivity contribution in [3.63, 3.8) is 0 Å². The first-order valence-corrected chi connectivity index (χ1v) is 11.5. The van der Waals surface area contributed by atoms with Crippen molar-refractivity contribution in [2.75, 3.05) is 25.6 Å². The van der Waals surface area contributed by atoms with E-state index in [2.05, 4.69) is 15.8 Å². The number of nitro groups is 1. The van der Waals surface area contributed by atoms with Crippen LogP contribution < -0.4 is 20.4 Å². The highest BCUT2D eigenvalue weighted by atomic mass is 16.6. The predicted octanol–water partition coefficient (Wildman–Crippen LogP) is 3.69. The van der Waals surface area contributed by atoms with Gasteiger partial charge in [-0.15, -0.1) is 0 Å². The molecule has 0 heterocycles. The molecule has 3 N–H and O–H groups in total. The molecule has 11 heteroatoms. The number of benzene rings is 3. The Bertz CT molecular complexity index is 1370. The van der Waals surface area contributed by atoms with Crippen LogP contribution in [0.2, 0.25) is 0 Å². The Labute approximate surface area is 219 Å². The first-order chi connectivity index (χ1) is 18.2. The van der Waals surface area contributed by atoms with Crippen LogP contribution in [0.1, 0.15) is 28.4 Å². The van der Waals surface area contributed by atoms with E-state index >= 15 is 0 Å². The Morgan fingerprint density at radius 2 is 1.76 bits per heavy atom. The van der Waals surface area contributed by atoms with Crippen molar-refractivity contribution >= 4 is 35.5 Å². The summed E-state index contributed by atoms with van der Waals surface area (Å²) in [6, 6.07) is 18.2. The van der Waals surface area contributed by atoms with Crippen molar-refractivity contribution in [2.45, 2.75) is 6.92 Å². The highest BCUT2D eigenvalue weighted by Gasteiger charge is 2.20. The molecule has 0 spiro atoms. The van der Waals surface area contributed by atoms with Crippen molar-refractivity contribution < 1.29 is 24.4 Å². The van der Waals surface area contributed by atoms with Gasteiger partial charge in [0.1, 0.15) is 5.70 Å². The molecule has 0 aliphatic carbocycles. The fourth-order valence-corrected chi connectivity index (χ4v) is 3.30. The number of nitrogens with zero attached hydrogens (tertiary/aromatic N) is 3. The van der Waals surface area contributed by atoms with Crippen LogP contribution in [0.3, 0.4) is 0 Å². The molecule has 0 radical (unpaired) electrons. The van der Waals surface area contributed by atoms with Crippen molar-refractivity contribution in [3.8, 4) is 11.5 Å². The van der Waals surface area contributed by atoms with E-state index in [1.54, 1.807) is 49.4 Å². The average molecular weight is 518 g/mol. The number of nitrogens with one attached hydrogen (secondary N) is 2. The summed E-state index contributed by atoms with van der Waals surface area (Å²) < 4.78 is 5.25. The third-order valence-corrected chi connectivity index (χ3v) is 5.20. The quantitative estimate of drug-likeness (QED) is 0.161. The molecule has 3 rings (SSSR count). The number of hydrazone groups is 1. The number of ether oxygens (including phenoxy) is 1. The third kappa shape index (κ3) is 7.17. The van der Waals surface area contributed by atoms with E-state index in [0.29, 0.717) is 11.1 Å². The Hall–Kier alpha value is -5.19. The van der Waals surface area contributed by atoms with E-state index < -0.39 is 28.2 Å². The molecule has 0 fully saturated rings. The number of hydrogen-bond acceptors (Lipinski definition) is 8. The lowest BCUT2D eigenvalue weighted by Gasteiger charge is -2.12. The second kappa shape index (κ2) is 12.7. The summed E-state index contributed by atoms with van der Waals surface area (Å²) in [5, 5.41) is 27.8. The minimum Gasteiger partial charge on any atom is -0.500 e. The lowest BCUT2D eigenvalue weighted by atomic mass is 10.1. The topological polar surface area (TPSA) is 146 Å². The molecule has 196 valence electrons. The minimum absolute atomic E-state index is 0.0692.